The van der Waals surface area contributed by atoms with E-state index in [1.54, 1.807) is 10.6 Å². The molecule has 0 spiro atoms. The Morgan fingerprint density at radius 2 is 1.85 bits per heavy atom. The van der Waals surface area contributed by atoms with Crippen molar-refractivity contribution in [1.82, 2.24) is 4.57 Å². The Balaban J connectivity index is 1.72. The van der Waals surface area contributed by atoms with Crippen LogP contribution in [0.3, 0.4) is 0 Å². The molecule has 3 aromatic rings. The van der Waals surface area contributed by atoms with Gasteiger partial charge in [0.05, 0.1) is 5.52 Å². The van der Waals surface area contributed by atoms with Gasteiger partial charge in [-0.1, -0.05) is 29.8 Å². The maximum Gasteiger partial charge on any atom is 0.420 e. The molecule has 20 heavy (non-hydrogen) atoms. The number of aromatic nitrogens is 1. The summed E-state index contributed by atoms with van der Waals surface area (Å²) in [7, 11) is 0. The molecule has 4 heteroatoms. The van der Waals surface area contributed by atoms with Gasteiger partial charge in [-0.3, -0.25) is 4.57 Å². The number of para-hydroxylation sites is 2. The maximum atomic E-state index is 11.8. The molecule has 4 nitrogen and oxygen atoms in total. The highest BCUT2D eigenvalue weighted by Crippen LogP contribution is 2.12. The Bertz CT molecular complexity index is 769. The van der Waals surface area contributed by atoms with Crippen molar-refractivity contribution < 1.29 is 4.42 Å². The average Bonchev–Trinajstić information content (AvgIpc) is 2.77. The molecule has 0 saturated heterocycles. The predicted molar refractivity (Wildman–Crippen MR) is 80.1 cm³/mol. The number of anilines is 1. The van der Waals surface area contributed by atoms with E-state index in [4.69, 9.17) is 4.42 Å². The van der Waals surface area contributed by atoms with Crippen LogP contribution in [0.15, 0.2) is 57.7 Å². The second kappa shape index (κ2) is 5.25. The highest BCUT2D eigenvalue weighted by Gasteiger charge is 2.07. The molecule has 3 rings (SSSR count). The van der Waals surface area contributed by atoms with E-state index in [1.807, 2.05) is 30.3 Å². The van der Waals surface area contributed by atoms with Crippen LogP contribution in [0.4, 0.5) is 5.69 Å². The van der Waals surface area contributed by atoms with Gasteiger partial charge in [-0.05, 0) is 31.2 Å². The Morgan fingerprint density at radius 1 is 1.10 bits per heavy atom. The molecule has 1 aromatic heterocycles. The molecular formula is C16H16N2O2. The summed E-state index contributed by atoms with van der Waals surface area (Å²) < 4.78 is 6.85. The zero-order chi connectivity index (χ0) is 13.9. The van der Waals surface area contributed by atoms with E-state index in [-0.39, 0.29) is 5.76 Å². The summed E-state index contributed by atoms with van der Waals surface area (Å²) in [5.74, 6) is -0.308. The third-order valence-corrected chi connectivity index (χ3v) is 3.29. The highest BCUT2D eigenvalue weighted by atomic mass is 16.4. The van der Waals surface area contributed by atoms with Crippen LogP contribution in [0.2, 0.25) is 0 Å². The zero-order valence-electron chi connectivity index (χ0n) is 11.3. The van der Waals surface area contributed by atoms with Crippen LogP contribution in [-0.4, -0.2) is 11.1 Å². The smallest absolute Gasteiger partial charge is 0.408 e. The summed E-state index contributed by atoms with van der Waals surface area (Å²) in [5.41, 5.74) is 3.75. The maximum absolute atomic E-state index is 11.8. The molecule has 0 unspecified atom stereocenters. The van der Waals surface area contributed by atoms with Crippen molar-refractivity contribution in [2.75, 3.05) is 11.9 Å². The number of hydrogen-bond donors (Lipinski definition) is 1. The Labute approximate surface area is 116 Å². The summed E-state index contributed by atoms with van der Waals surface area (Å²) in [6.45, 7) is 3.30. The lowest BCUT2D eigenvalue weighted by atomic mass is 10.2. The summed E-state index contributed by atoms with van der Waals surface area (Å²) in [4.78, 5) is 11.8. The topological polar surface area (TPSA) is 47.2 Å². The number of hydrogen-bond acceptors (Lipinski definition) is 3. The molecular weight excluding hydrogens is 252 g/mol. The fourth-order valence-electron chi connectivity index (χ4n) is 2.21. The molecule has 2 aromatic carbocycles. The SMILES string of the molecule is Cc1ccc(NCCn2c(=O)oc3ccccc32)cc1. The van der Waals surface area contributed by atoms with Gasteiger partial charge in [0.2, 0.25) is 0 Å². The van der Waals surface area contributed by atoms with Gasteiger partial charge in [-0.15, -0.1) is 0 Å². The van der Waals surface area contributed by atoms with Crippen LogP contribution >= 0.6 is 0 Å². The van der Waals surface area contributed by atoms with E-state index in [9.17, 15) is 4.79 Å². The van der Waals surface area contributed by atoms with E-state index in [1.165, 1.54) is 5.56 Å². The van der Waals surface area contributed by atoms with Gasteiger partial charge in [0.1, 0.15) is 0 Å². The second-order valence-corrected chi connectivity index (χ2v) is 4.78. The van der Waals surface area contributed by atoms with Gasteiger partial charge < -0.3 is 9.73 Å². The Morgan fingerprint density at radius 3 is 2.65 bits per heavy atom. The first-order valence-corrected chi connectivity index (χ1v) is 6.63. The number of rotatable bonds is 4. The summed E-state index contributed by atoms with van der Waals surface area (Å²) in [6.07, 6.45) is 0. The number of nitrogens with zero attached hydrogens (tertiary/aromatic N) is 1. The molecule has 0 fully saturated rings. The molecule has 0 atom stereocenters. The van der Waals surface area contributed by atoms with Crippen LogP contribution in [0.1, 0.15) is 5.56 Å². The normalized spacial score (nSPS) is 10.8. The van der Waals surface area contributed by atoms with Crippen molar-refractivity contribution >= 4 is 16.8 Å². The second-order valence-electron chi connectivity index (χ2n) is 4.78. The summed E-state index contributed by atoms with van der Waals surface area (Å²) in [6, 6.07) is 15.6. The van der Waals surface area contributed by atoms with Crippen LogP contribution in [0.5, 0.6) is 0 Å². The first-order chi connectivity index (χ1) is 9.74. The minimum Gasteiger partial charge on any atom is -0.408 e. The number of aryl methyl sites for hydroxylation is 1. The van der Waals surface area contributed by atoms with Gasteiger partial charge in [-0.2, -0.15) is 0 Å². The van der Waals surface area contributed by atoms with Crippen molar-refractivity contribution in [1.29, 1.82) is 0 Å². The molecule has 0 radical (unpaired) electrons. The number of oxazole rings is 1. The standard InChI is InChI=1S/C16H16N2O2/c1-12-6-8-13(9-7-12)17-10-11-18-14-4-2-3-5-15(14)20-16(18)19/h2-9,17H,10-11H2,1H3. The lowest BCUT2D eigenvalue weighted by Crippen LogP contribution is -2.19. The van der Waals surface area contributed by atoms with E-state index in [2.05, 4.69) is 24.4 Å². The summed E-state index contributed by atoms with van der Waals surface area (Å²) >= 11 is 0. The van der Waals surface area contributed by atoms with Crippen LogP contribution in [0.25, 0.3) is 11.1 Å². The van der Waals surface area contributed by atoms with Crippen LogP contribution in [-0.2, 0) is 6.54 Å². The number of nitrogens with one attached hydrogen (secondary N) is 1. The average molecular weight is 268 g/mol. The van der Waals surface area contributed by atoms with Gasteiger partial charge in [-0.25, -0.2) is 4.79 Å². The van der Waals surface area contributed by atoms with Gasteiger partial charge >= 0.3 is 5.76 Å². The highest BCUT2D eigenvalue weighted by molar-refractivity contribution is 5.72. The molecule has 0 aliphatic carbocycles. The molecule has 102 valence electrons. The lowest BCUT2D eigenvalue weighted by Gasteiger charge is -2.07. The first-order valence-electron chi connectivity index (χ1n) is 6.63. The van der Waals surface area contributed by atoms with E-state index >= 15 is 0 Å². The first kappa shape index (κ1) is 12.5. The Kier molecular flexibility index (Phi) is 3.29. The van der Waals surface area contributed by atoms with Gasteiger partial charge in [0, 0.05) is 18.8 Å². The van der Waals surface area contributed by atoms with Crippen molar-refractivity contribution in [2.45, 2.75) is 13.5 Å². The molecule has 1 N–H and O–H groups in total. The zero-order valence-corrected chi connectivity index (χ0v) is 11.3. The summed E-state index contributed by atoms with van der Waals surface area (Å²) in [5, 5.41) is 3.30. The third-order valence-electron chi connectivity index (χ3n) is 3.29. The van der Waals surface area contributed by atoms with Gasteiger partial charge in [0.15, 0.2) is 5.58 Å². The molecule has 1 heterocycles. The van der Waals surface area contributed by atoms with E-state index in [0.29, 0.717) is 18.7 Å². The largest absolute Gasteiger partial charge is 0.420 e. The van der Waals surface area contributed by atoms with Crippen molar-refractivity contribution in [3.63, 3.8) is 0 Å². The molecule has 0 bridgehead atoms. The predicted octanol–water partition coefficient (Wildman–Crippen LogP) is 3.02. The third kappa shape index (κ3) is 2.45. The molecule has 0 aliphatic rings. The quantitative estimate of drug-likeness (QED) is 0.791. The Hall–Kier alpha value is -2.49. The van der Waals surface area contributed by atoms with E-state index < -0.39 is 0 Å². The minimum absolute atomic E-state index is 0.308. The number of fused-ring (bicyclic) bond motifs is 1. The van der Waals surface area contributed by atoms with Gasteiger partial charge in [0.25, 0.3) is 0 Å². The lowest BCUT2D eigenvalue weighted by molar-refractivity contribution is 0.510. The van der Waals surface area contributed by atoms with Crippen molar-refractivity contribution in [3.05, 3.63) is 64.6 Å². The van der Waals surface area contributed by atoms with E-state index in [0.717, 1.165) is 11.2 Å². The fraction of sp³-hybridized carbons (Fsp3) is 0.188. The van der Waals surface area contributed by atoms with Crippen LogP contribution < -0.4 is 11.1 Å². The molecule has 0 amide bonds. The van der Waals surface area contributed by atoms with Crippen molar-refractivity contribution in [3.8, 4) is 0 Å². The number of benzene rings is 2. The van der Waals surface area contributed by atoms with Crippen LogP contribution in [0, 0.1) is 6.92 Å². The monoisotopic (exact) mass is 268 g/mol. The fourth-order valence-corrected chi connectivity index (χ4v) is 2.21. The van der Waals surface area contributed by atoms with Crippen molar-refractivity contribution in [2.24, 2.45) is 0 Å². The molecule has 0 aliphatic heterocycles. The minimum atomic E-state index is -0.308. The molecule has 0 saturated carbocycles.